The van der Waals surface area contributed by atoms with Crippen molar-refractivity contribution in [3.8, 4) is 0 Å². The highest BCUT2D eigenvalue weighted by atomic mass is 16.6. The zero-order valence-electron chi connectivity index (χ0n) is 12.4. The third kappa shape index (κ3) is 5.25. The number of carboxylic acids is 1. The van der Waals surface area contributed by atoms with Crippen LogP contribution in [0.1, 0.15) is 37.7 Å². The molecule has 0 bridgehead atoms. The molecule has 0 unspecified atom stereocenters. The van der Waals surface area contributed by atoms with Crippen LogP contribution >= 0.6 is 0 Å². The molecule has 1 aromatic rings. The first-order valence-electron chi connectivity index (χ1n) is 6.33. The summed E-state index contributed by atoms with van der Waals surface area (Å²) in [6, 6.07) is 0.0871. The number of carboxylic acid groups (broad SMARTS) is 1. The van der Waals surface area contributed by atoms with E-state index < -0.39 is 35.9 Å². The van der Waals surface area contributed by atoms with Crippen LogP contribution in [-0.2, 0) is 21.4 Å². The van der Waals surface area contributed by atoms with E-state index in [-0.39, 0.29) is 5.69 Å². The summed E-state index contributed by atoms with van der Waals surface area (Å²) in [6.45, 7) is 5.03. The minimum Gasteiger partial charge on any atom is -0.480 e. The van der Waals surface area contributed by atoms with E-state index in [1.807, 2.05) is 0 Å². The molecule has 8 heteroatoms. The van der Waals surface area contributed by atoms with Crippen LogP contribution in [0, 0.1) is 0 Å². The number of aromatic nitrogens is 2. The fourth-order valence-electron chi connectivity index (χ4n) is 1.58. The van der Waals surface area contributed by atoms with Crippen LogP contribution in [0.2, 0.25) is 0 Å². The molecule has 116 valence electrons. The molecular weight excluding hydrogens is 278 g/mol. The van der Waals surface area contributed by atoms with Crippen LogP contribution in [0.3, 0.4) is 0 Å². The number of ether oxygens (including phenoxy) is 1. The summed E-state index contributed by atoms with van der Waals surface area (Å²) < 4.78 is 6.35. The van der Waals surface area contributed by atoms with E-state index in [9.17, 15) is 14.4 Å². The number of nitrogens with one attached hydrogen (secondary N) is 1. The van der Waals surface area contributed by atoms with Crippen LogP contribution in [0.25, 0.3) is 0 Å². The van der Waals surface area contributed by atoms with Crippen LogP contribution in [0.4, 0.5) is 0 Å². The SMILES string of the molecule is Cn1nccc1C(=O)N[C@@H](CC(=O)OC(C)(C)C)C(=O)O. The highest BCUT2D eigenvalue weighted by Crippen LogP contribution is 2.10. The smallest absolute Gasteiger partial charge is 0.326 e. The normalized spacial score (nSPS) is 12.6. The van der Waals surface area contributed by atoms with Crippen molar-refractivity contribution >= 4 is 17.8 Å². The van der Waals surface area contributed by atoms with Crippen LogP contribution < -0.4 is 5.32 Å². The van der Waals surface area contributed by atoms with E-state index in [0.717, 1.165) is 0 Å². The van der Waals surface area contributed by atoms with Gasteiger partial charge in [0.2, 0.25) is 0 Å². The van der Waals surface area contributed by atoms with Crippen LogP contribution in [0.15, 0.2) is 12.3 Å². The van der Waals surface area contributed by atoms with Gasteiger partial charge in [0.05, 0.1) is 6.42 Å². The summed E-state index contributed by atoms with van der Waals surface area (Å²) in [5, 5.41) is 15.2. The van der Waals surface area contributed by atoms with Gasteiger partial charge >= 0.3 is 11.9 Å². The lowest BCUT2D eigenvalue weighted by Crippen LogP contribution is -2.43. The summed E-state index contributed by atoms with van der Waals surface area (Å²) in [7, 11) is 1.55. The van der Waals surface area contributed by atoms with E-state index in [1.54, 1.807) is 27.8 Å². The average Bonchev–Trinajstić information content (AvgIpc) is 2.71. The fraction of sp³-hybridized carbons (Fsp3) is 0.538. The molecule has 0 saturated heterocycles. The molecule has 1 rings (SSSR count). The number of rotatable bonds is 5. The Hall–Kier alpha value is -2.38. The van der Waals surface area contributed by atoms with Gasteiger partial charge in [0, 0.05) is 13.2 Å². The first-order valence-corrected chi connectivity index (χ1v) is 6.33. The number of amides is 1. The molecule has 0 radical (unpaired) electrons. The van der Waals surface area contributed by atoms with Gasteiger partial charge in [-0.2, -0.15) is 5.10 Å². The Labute approximate surface area is 122 Å². The first-order chi connectivity index (χ1) is 9.60. The number of aliphatic carboxylic acids is 1. The highest BCUT2D eigenvalue weighted by Gasteiger charge is 2.27. The molecule has 0 aliphatic rings. The van der Waals surface area contributed by atoms with Crippen molar-refractivity contribution < 1.29 is 24.2 Å². The lowest BCUT2D eigenvalue weighted by Gasteiger charge is -2.21. The molecule has 8 nitrogen and oxygen atoms in total. The topological polar surface area (TPSA) is 111 Å². The van der Waals surface area contributed by atoms with Gasteiger partial charge in [0.1, 0.15) is 17.3 Å². The van der Waals surface area contributed by atoms with Crippen molar-refractivity contribution in [3.05, 3.63) is 18.0 Å². The number of carbonyl (C=O) groups excluding carboxylic acids is 2. The minimum atomic E-state index is -1.36. The first kappa shape index (κ1) is 16.7. The van der Waals surface area contributed by atoms with Crippen molar-refractivity contribution in [2.24, 2.45) is 7.05 Å². The van der Waals surface area contributed by atoms with Gasteiger partial charge in [-0.25, -0.2) is 4.79 Å². The quantitative estimate of drug-likeness (QED) is 0.758. The molecule has 0 saturated carbocycles. The Kier molecular flexibility index (Phi) is 5.07. The molecule has 2 N–H and O–H groups in total. The Morgan fingerprint density at radius 1 is 1.43 bits per heavy atom. The second-order valence-corrected chi connectivity index (χ2v) is 5.49. The predicted molar refractivity (Wildman–Crippen MR) is 72.6 cm³/mol. The van der Waals surface area contributed by atoms with Gasteiger partial charge in [-0.15, -0.1) is 0 Å². The van der Waals surface area contributed by atoms with E-state index in [1.165, 1.54) is 16.9 Å². The Morgan fingerprint density at radius 2 is 2.05 bits per heavy atom. The standard InChI is InChI=1S/C13H19N3O5/c1-13(2,3)21-10(17)7-8(12(19)20)15-11(18)9-5-6-14-16(9)4/h5-6,8H,7H2,1-4H3,(H,15,18)(H,19,20)/t8-/m0/s1. The second kappa shape index (κ2) is 6.38. The number of hydrogen-bond acceptors (Lipinski definition) is 5. The number of carbonyl (C=O) groups is 3. The lowest BCUT2D eigenvalue weighted by atomic mass is 10.1. The van der Waals surface area contributed by atoms with Gasteiger partial charge in [-0.1, -0.05) is 0 Å². The minimum absolute atomic E-state index is 0.199. The third-order valence-corrected chi connectivity index (χ3v) is 2.45. The molecule has 0 aromatic carbocycles. The zero-order valence-corrected chi connectivity index (χ0v) is 12.4. The monoisotopic (exact) mass is 297 g/mol. The molecule has 1 heterocycles. The maximum atomic E-state index is 11.9. The second-order valence-electron chi connectivity index (χ2n) is 5.49. The fourth-order valence-corrected chi connectivity index (χ4v) is 1.58. The summed E-state index contributed by atoms with van der Waals surface area (Å²) in [6.07, 6.45) is 0.967. The number of nitrogens with zero attached hydrogens (tertiary/aromatic N) is 2. The van der Waals surface area contributed by atoms with Crippen LogP contribution in [-0.4, -0.2) is 44.4 Å². The van der Waals surface area contributed by atoms with Crippen LogP contribution in [0.5, 0.6) is 0 Å². The number of esters is 1. The van der Waals surface area contributed by atoms with Crippen molar-refractivity contribution in [3.63, 3.8) is 0 Å². The Bertz CT molecular complexity index is 544. The molecule has 1 aromatic heterocycles. The molecule has 1 amide bonds. The number of aryl methyl sites for hydroxylation is 1. The van der Waals surface area contributed by atoms with Gasteiger partial charge in [0.15, 0.2) is 0 Å². The van der Waals surface area contributed by atoms with Crippen molar-refractivity contribution in [1.82, 2.24) is 15.1 Å². The Morgan fingerprint density at radius 3 is 2.48 bits per heavy atom. The molecule has 0 spiro atoms. The molecule has 0 fully saturated rings. The van der Waals surface area contributed by atoms with Gasteiger partial charge < -0.3 is 15.2 Å². The summed E-state index contributed by atoms with van der Waals surface area (Å²) in [5.74, 6) is -2.62. The maximum Gasteiger partial charge on any atom is 0.326 e. The van der Waals surface area contributed by atoms with Crippen molar-refractivity contribution in [1.29, 1.82) is 0 Å². The highest BCUT2D eigenvalue weighted by molar-refractivity contribution is 5.96. The lowest BCUT2D eigenvalue weighted by molar-refractivity contribution is -0.158. The molecule has 21 heavy (non-hydrogen) atoms. The molecule has 1 atom stereocenters. The van der Waals surface area contributed by atoms with Gasteiger partial charge in [0.25, 0.3) is 5.91 Å². The zero-order chi connectivity index (χ0) is 16.2. The summed E-state index contributed by atoms with van der Waals surface area (Å²) in [5.41, 5.74) is -0.517. The van der Waals surface area contributed by atoms with E-state index in [0.29, 0.717) is 0 Å². The largest absolute Gasteiger partial charge is 0.480 e. The van der Waals surface area contributed by atoms with E-state index in [4.69, 9.17) is 9.84 Å². The molecular formula is C13H19N3O5. The van der Waals surface area contributed by atoms with Gasteiger partial charge in [-0.05, 0) is 26.8 Å². The molecule has 0 aliphatic heterocycles. The predicted octanol–water partition coefficient (Wildman–Crippen LogP) is 0.335. The molecule has 0 aliphatic carbocycles. The Balaban J connectivity index is 2.71. The van der Waals surface area contributed by atoms with Gasteiger partial charge in [-0.3, -0.25) is 14.3 Å². The van der Waals surface area contributed by atoms with Crippen molar-refractivity contribution in [2.45, 2.75) is 38.8 Å². The van der Waals surface area contributed by atoms with E-state index in [2.05, 4.69) is 10.4 Å². The summed E-state index contributed by atoms with van der Waals surface area (Å²) >= 11 is 0. The van der Waals surface area contributed by atoms with Crippen molar-refractivity contribution in [2.75, 3.05) is 0 Å². The van der Waals surface area contributed by atoms with E-state index >= 15 is 0 Å². The number of hydrogen-bond donors (Lipinski definition) is 2. The average molecular weight is 297 g/mol. The third-order valence-electron chi connectivity index (χ3n) is 2.45. The maximum absolute atomic E-state index is 11.9. The summed E-state index contributed by atoms with van der Waals surface area (Å²) in [4.78, 5) is 34.7.